The molecule has 0 amide bonds. The molecule has 114 valence electrons. The van der Waals surface area contributed by atoms with Crippen LogP contribution in [0.2, 0.25) is 0 Å². The van der Waals surface area contributed by atoms with Crippen LogP contribution in [0.5, 0.6) is 0 Å². The van der Waals surface area contributed by atoms with Crippen molar-refractivity contribution < 1.29 is 27.1 Å². The molecule has 0 aliphatic heterocycles. The Kier molecular flexibility index (Phi) is 3.91. The molecule has 0 atom stereocenters. The quantitative estimate of drug-likeness (QED) is 0.783. The molecule has 0 saturated heterocycles. The van der Waals surface area contributed by atoms with Gasteiger partial charge in [0.2, 0.25) is 17.5 Å². The zero-order valence-electron chi connectivity index (χ0n) is 11.0. The van der Waals surface area contributed by atoms with Crippen LogP contribution in [-0.4, -0.2) is 37.8 Å². The van der Waals surface area contributed by atoms with Crippen molar-refractivity contribution in [3.63, 3.8) is 0 Å². The first-order chi connectivity index (χ1) is 9.82. The Morgan fingerprint density at radius 1 is 1.33 bits per heavy atom. The standard InChI is InChI=1S/C10H10F3N5O3/c1-3-20-9(19)7-8(10(11,12)13)18(17-16-7)4-6-15-14-5(2)21-6/h3-4H2,1-2H3. The fraction of sp³-hybridized carbons (Fsp3) is 0.500. The molecule has 0 aliphatic carbocycles. The summed E-state index contributed by atoms with van der Waals surface area (Å²) < 4.78 is 49.2. The van der Waals surface area contributed by atoms with Crippen LogP contribution in [0.1, 0.15) is 34.9 Å². The van der Waals surface area contributed by atoms with E-state index in [4.69, 9.17) is 4.42 Å². The lowest BCUT2D eigenvalue weighted by atomic mass is 10.3. The fourth-order valence-electron chi connectivity index (χ4n) is 1.57. The molecule has 0 spiro atoms. The third-order valence-electron chi connectivity index (χ3n) is 2.33. The normalized spacial score (nSPS) is 11.7. The van der Waals surface area contributed by atoms with E-state index in [0.717, 1.165) is 0 Å². The van der Waals surface area contributed by atoms with E-state index in [0.29, 0.717) is 4.68 Å². The lowest BCUT2D eigenvalue weighted by Gasteiger charge is -2.09. The molecular formula is C10H10F3N5O3. The summed E-state index contributed by atoms with van der Waals surface area (Å²) in [6, 6.07) is 0. The Morgan fingerprint density at radius 2 is 2.05 bits per heavy atom. The summed E-state index contributed by atoms with van der Waals surface area (Å²) in [6.07, 6.45) is -4.83. The molecule has 8 nitrogen and oxygen atoms in total. The predicted octanol–water partition coefficient (Wildman–Crippen LogP) is 1.21. The molecule has 0 N–H and O–H groups in total. The van der Waals surface area contributed by atoms with Gasteiger partial charge >= 0.3 is 12.1 Å². The molecule has 0 aromatic carbocycles. The summed E-state index contributed by atoms with van der Waals surface area (Å²) in [7, 11) is 0. The number of hydrogen-bond donors (Lipinski definition) is 0. The summed E-state index contributed by atoms with van der Waals surface area (Å²) in [5.41, 5.74) is -2.22. The zero-order valence-corrected chi connectivity index (χ0v) is 11.0. The third kappa shape index (κ3) is 3.17. The third-order valence-corrected chi connectivity index (χ3v) is 2.33. The first-order valence-electron chi connectivity index (χ1n) is 5.79. The van der Waals surface area contributed by atoms with Crippen molar-refractivity contribution in [2.45, 2.75) is 26.6 Å². The van der Waals surface area contributed by atoms with Gasteiger partial charge in [0.15, 0.2) is 5.69 Å². The molecule has 0 bridgehead atoms. The molecule has 0 fully saturated rings. The number of aromatic nitrogens is 5. The van der Waals surface area contributed by atoms with Crippen LogP contribution in [0.4, 0.5) is 13.2 Å². The van der Waals surface area contributed by atoms with Gasteiger partial charge in [0.05, 0.1) is 6.61 Å². The molecule has 21 heavy (non-hydrogen) atoms. The van der Waals surface area contributed by atoms with Crippen LogP contribution in [-0.2, 0) is 17.5 Å². The van der Waals surface area contributed by atoms with Gasteiger partial charge in [-0.05, 0) is 6.92 Å². The number of carbonyl (C=O) groups excluding carboxylic acids is 1. The van der Waals surface area contributed by atoms with Gasteiger partial charge in [-0.15, -0.1) is 15.3 Å². The second kappa shape index (κ2) is 5.50. The fourth-order valence-corrected chi connectivity index (χ4v) is 1.57. The van der Waals surface area contributed by atoms with E-state index in [2.05, 4.69) is 25.2 Å². The van der Waals surface area contributed by atoms with E-state index in [1.807, 2.05) is 0 Å². The van der Waals surface area contributed by atoms with Crippen LogP contribution in [0.3, 0.4) is 0 Å². The molecule has 0 saturated carbocycles. The number of esters is 1. The first-order valence-corrected chi connectivity index (χ1v) is 5.79. The Bertz CT molecular complexity index is 649. The van der Waals surface area contributed by atoms with E-state index in [9.17, 15) is 18.0 Å². The van der Waals surface area contributed by atoms with Gasteiger partial charge in [0.1, 0.15) is 6.54 Å². The number of aryl methyl sites for hydroxylation is 1. The molecule has 0 radical (unpaired) electrons. The van der Waals surface area contributed by atoms with Gasteiger partial charge in [-0.25, -0.2) is 9.48 Å². The van der Waals surface area contributed by atoms with Crippen molar-refractivity contribution in [2.75, 3.05) is 6.61 Å². The number of hydrogen-bond acceptors (Lipinski definition) is 7. The van der Waals surface area contributed by atoms with Gasteiger partial charge in [-0.2, -0.15) is 13.2 Å². The van der Waals surface area contributed by atoms with E-state index >= 15 is 0 Å². The average Bonchev–Trinajstić information content (AvgIpc) is 2.96. The molecule has 11 heteroatoms. The molecular weight excluding hydrogens is 295 g/mol. The van der Waals surface area contributed by atoms with Gasteiger partial charge in [-0.1, -0.05) is 5.21 Å². The summed E-state index contributed by atoms with van der Waals surface area (Å²) in [4.78, 5) is 11.5. The highest BCUT2D eigenvalue weighted by Gasteiger charge is 2.42. The SMILES string of the molecule is CCOC(=O)c1nnn(Cc2nnc(C)o2)c1C(F)(F)F. The number of rotatable bonds is 4. The molecule has 2 rings (SSSR count). The van der Waals surface area contributed by atoms with E-state index in [-0.39, 0.29) is 18.4 Å². The molecule has 0 aliphatic rings. The van der Waals surface area contributed by atoms with Crippen molar-refractivity contribution in [3.05, 3.63) is 23.2 Å². The summed E-state index contributed by atoms with van der Waals surface area (Å²) in [5.74, 6) is -1.08. The number of alkyl halides is 3. The Balaban J connectivity index is 2.39. The number of ether oxygens (including phenoxy) is 1. The van der Waals surface area contributed by atoms with E-state index in [1.165, 1.54) is 13.8 Å². The van der Waals surface area contributed by atoms with Crippen molar-refractivity contribution in [2.24, 2.45) is 0 Å². The summed E-state index contributed by atoms with van der Waals surface area (Å²) in [6.45, 7) is 2.43. The maximum atomic E-state index is 13.1. The second-order valence-electron chi connectivity index (χ2n) is 3.88. The second-order valence-corrected chi connectivity index (χ2v) is 3.88. The van der Waals surface area contributed by atoms with Gasteiger partial charge in [0, 0.05) is 6.92 Å². The Morgan fingerprint density at radius 3 is 2.57 bits per heavy atom. The van der Waals surface area contributed by atoms with Crippen molar-refractivity contribution >= 4 is 5.97 Å². The topological polar surface area (TPSA) is 95.9 Å². The van der Waals surface area contributed by atoms with Crippen LogP contribution >= 0.6 is 0 Å². The average molecular weight is 305 g/mol. The summed E-state index contributed by atoms with van der Waals surface area (Å²) in [5, 5.41) is 13.6. The summed E-state index contributed by atoms with van der Waals surface area (Å²) >= 11 is 0. The Hall–Kier alpha value is -2.46. The molecule has 2 aromatic rings. The molecule has 2 aromatic heterocycles. The van der Waals surface area contributed by atoms with Gasteiger partial charge < -0.3 is 9.15 Å². The van der Waals surface area contributed by atoms with Crippen molar-refractivity contribution in [3.8, 4) is 0 Å². The highest BCUT2D eigenvalue weighted by Crippen LogP contribution is 2.31. The lowest BCUT2D eigenvalue weighted by molar-refractivity contribution is -0.144. The minimum atomic E-state index is -4.83. The van der Waals surface area contributed by atoms with Crippen LogP contribution in [0.15, 0.2) is 4.42 Å². The Labute approximate surface area is 115 Å². The van der Waals surface area contributed by atoms with Crippen LogP contribution < -0.4 is 0 Å². The largest absolute Gasteiger partial charge is 0.461 e. The van der Waals surface area contributed by atoms with Crippen molar-refractivity contribution in [1.82, 2.24) is 25.2 Å². The maximum Gasteiger partial charge on any atom is 0.435 e. The number of halogens is 3. The minimum Gasteiger partial charge on any atom is -0.461 e. The zero-order chi connectivity index (χ0) is 15.6. The van der Waals surface area contributed by atoms with E-state index < -0.39 is 30.1 Å². The minimum absolute atomic E-state index is 0.0775. The van der Waals surface area contributed by atoms with Crippen molar-refractivity contribution in [1.29, 1.82) is 0 Å². The maximum absolute atomic E-state index is 13.1. The van der Waals surface area contributed by atoms with Crippen LogP contribution in [0, 0.1) is 6.92 Å². The monoisotopic (exact) mass is 305 g/mol. The smallest absolute Gasteiger partial charge is 0.435 e. The lowest BCUT2D eigenvalue weighted by Crippen LogP contribution is -2.20. The highest BCUT2D eigenvalue weighted by molar-refractivity contribution is 5.88. The highest BCUT2D eigenvalue weighted by atomic mass is 19.4. The first kappa shape index (κ1) is 14.9. The molecule has 0 unspecified atom stereocenters. The van der Waals surface area contributed by atoms with E-state index in [1.54, 1.807) is 0 Å². The van der Waals surface area contributed by atoms with Gasteiger partial charge in [0.25, 0.3) is 0 Å². The number of carbonyl (C=O) groups is 1. The predicted molar refractivity (Wildman–Crippen MR) is 59.1 cm³/mol. The van der Waals surface area contributed by atoms with Gasteiger partial charge in [-0.3, -0.25) is 0 Å². The molecule has 2 heterocycles. The number of nitrogens with zero attached hydrogens (tertiary/aromatic N) is 5. The van der Waals surface area contributed by atoms with Crippen LogP contribution in [0.25, 0.3) is 0 Å².